The van der Waals surface area contributed by atoms with Crippen LogP contribution in [0.5, 0.6) is 0 Å². The Hall–Kier alpha value is -1.10. The molecular weight excluding hydrogens is 223 g/mol. The molecule has 0 unspecified atom stereocenters. The van der Waals surface area contributed by atoms with Crippen LogP contribution in [0.25, 0.3) is 10.2 Å². The van der Waals surface area contributed by atoms with Crippen molar-refractivity contribution in [1.29, 1.82) is 0 Å². The van der Waals surface area contributed by atoms with Crippen LogP contribution in [-0.2, 0) is 6.18 Å². The molecule has 0 amide bonds. The van der Waals surface area contributed by atoms with E-state index < -0.39 is 11.2 Å². The molecule has 80 valence electrons. The Morgan fingerprint density at radius 3 is 2.47 bits per heavy atom. The average molecular weight is 231 g/mol. The number of hydrogen-bond donors (Lipinski definition) is 0. The third kappa shape index (κ3) is 1.84. The molecule has 15 heavy (non-hydrogen) atoms. The van der Waals surface area contributed by atoms with Crippen LogP contribution in [0.4, 0.5) is 13.2 Å². The molecule has 5 heteroatoms. The van der Waals surface area contributed by atoms with Gasteiger partial charge in [-0.3, -0.25) is 0 Å². The zero-order valence-corrected chi connectivity index (χ0v) is 8.96. The molecule has 0 bridgehead atoms. The predicted octanol–water partition coefficient (Wildman–Crippen LogP) is 3.93. The predicted molar refractivity (Wildman–Crippen MR) is 54.1 cm³/mol. The first kappa shape index (κ1) is 10.4. The zero-order chi connectivity index (χ0) is 11.2. The van der Waals surface area contributed by atoms with Crippen molar-refractivity contribution in [2.75, 3.05) is 0 Å². The van der Waals surface area contributed by atoms with Gasteiger partial charge >= 0.3 is 6.18 Å². The van der Waals surface area contributed by atoms with Gasteiger partial charge in [0, 0.05) is 0 Å². The molecule has 0 radical (unpaired) electrons. The molecule has 0 aliphatic heterocycles. The first-order valence-electron chi connectivity index (χ1n) is 4.33. The summed E-state index contributed by atoms with van der Waals surface area (Å²) in [5.74, 6) is 0. The van der Waals surface area contributed by atoms with Crippen LogP contribution in [0.15, 0.2) is 12.1 Å². The summed E-state index contributed by atoms with van der Waals surface area (Å²) in [6.45, 7) is 3.63. The molecule has 0 aliphatic rings. The minimum Gasteiger partial charge on any atom is -0.232 e. The maximum absolute atomic E-state index is 12.4. The summed E-state index contributed by atoms with van der Waals surface area (Å²) in [6.07, 6.45) is -4.34. The number of alkyl halides is 3. The molecular formula is C10H8F3NS. The maximum atomic E-state index is 12.4. The van der Waals surface area contributed by atoms with Crippen molar-refractivity contribution in [3.63, 3.8) is 0 Å². The number of fused-ring (bicyclic) bond motifs is 1. The van der Waals surface area contributed by atoms with E-state index in [4.69, 9.17) is 0 Å². The van der Waals surface area contributed by atoms with Crippen molar-refractivity contribution in [2.45, 2.75) is 20.0 Å². The minimum absolute atomic E-state index is 0.456. The Bertz CT molecular complexity index is 513. The second kappa shape index (κ2) is 3.20. The normalized spacial score (nSPS) is 12.3. The van der Waals surface area contributed by atoms with Gasteiger partial charge in [0.05, 0.1) is 10.2 Å². The number of benzene rings is 1. The lowest BCUT2D eigenvalue weighted by molar-refractivity contribution is -0.137. The molecule has 0 saturated heterocycles. The summed E-state index contributed by atoms with van der Waals surface area (Å²) in [5, 5.41) is -0.772. The van der Waals surface area contributed by atoms with Gasteiger partial charge in [-0.2, -0.15) is 13.2 Å². The van der Waals surface area contributed by atoms with Crippen molar-refractivity contribution in [1.82, 2.24) is 4.98 Å². The van der Waals surface area contributed by atoms with Crippen molar-refractivity contribution in [3.8, 4) is 0 Å². The first-order chi connectivity index (χ1) is 6.88. The lowest BCUT2D eigenvalue weighted by atomic mass is 10.1. The third-order valence-electron chi connectivity index (χ3n) is 2.07. The highest BCUT2D eigenvalue weighted by Crippen LogP contribution is 2.36. The Morgan fingerprint density at radius 1 is 1.20 bits per heavy atom. The molecule has 1 nitrogen and oxygen atoms in total. The third-order valence-corrected chi connectivity index (χ3v) is 3.12. The van der Waals surface area contributed by atoms with Gasteiger partial charge < -0.3 is 0 Å². The van der Waals surface area contributed by atoms with Crippen molar-refractivity contribution >= 4 is 21.6 Å². The van der Waals surface area contributed by atoms with E-state index in [9.17, 15) is 13.2 Å². The van der Waals surface area contributed by atoms with E-state index >= 15 is 0 Å². The second-order valence-corrected chi connectivity index (χ2v) is 4.48. The summed E-state index contributed by atoms with van der Waals surface area (Å²) in [6, 6.07) is 3.57. The van der Waals surface area contributed by atoms with Crippen LogP contribution in [0.2, 0.25) is 0 Å². The largest absolute Gasteiger partial charge is 0.443 e. The molecule has 2 rings (SSSR count). The molecule has 1 aromatic carbocycles. The number of hydrogen-bond acceptors (Lipinski definition) is 2. The van der Waals surface area contributed by atoms with E-state index in [1.54, 1.807) is 13.0 Å². The first-order valence-corrected chi connectivity index (χ1v) is 5.14. The molecule has 0 aliphatic carbocycles. The molecule has 0 fully saturated rings. The van der Waals surface area contributed by atoms with Crippen LogP contribution in [0.1, 0.15) is 16.1 Å². The van der Waals surface area contributed by atoms with Crippen molar-refractivity contribution in [3.05, 3.63) is 28.3 Å². The number of halogens is 3. The van der Waals surface area contributed by atoms with E-state index in [2.05, 4.69) is 4.98 Å². The fourth-order valence-corrected chi connectivity index (χ4v) is 2.50. The van der Waals surface area contributed by atoms with Crippen molar-refractivity contribution in [2.24, 2.45) is 0 Å². The van der Waals surface area contributed by atoms with Crippen LogP contribution in [0.3, 0.4) is 0 Å². The Kier molecular flexibility index (Phi) is 2.22. The molecule has 0 spiro atoms. The average Bonchev–Trinajstić information content (AvgIpc) is 2.46. The van der Waals surface area contributed by atoms with Crippen LogP contribution in [0, 0.1) is 13.8 Å². The number of rotatable bonds is 0. The summed E-state index contributed by atoms with van der Waals surface area (Å²) >= 11 is 0.696. The fraction of sp³-hybridized carbons (Fsp3) is 0.300. The Labute approximate surface area is 88.6 Å². The Morgan fingerprint density at radius 2 is 1.87 bits per heavy atom. The smallest absolute Gasteiger partial charge is 0.232 e. The van der Waals surface area contributed by atoms with Gasteiger partial charge in [0.2, 0.25) is 0 Å². The van der Waals surface area contributed by atoms with E-state index in [1.807, 2.05) is 13.0 Å². The second-order valence-electron chi connectivity index (χ2n) is 3.45. The van der Waals surface area contributed by atoms with Crippen molar-refractivity contribution < 1.29 is 13.2 Å². The number of aryl methyl sites for hydroxylation is 2. The monoisotopic (exact) mass is 231 g/mol. The minimum atomic E-state index is -4.34. The highest BCUT2D eigenvalue weighted by Gasteiger charge is 2.35. The SMILES string of the molecule is Cc1cc(C)c2nc(C(F)(F)F)sc2c1. The molecule has 2 aromatic rings. The van der Waals surface area contributed by atoms with Gasteiger partial charge in [0.1, 0.15) is 0 Å². The molecule has 1 heterocycles. The van der Waals surface area contributed by atoms with Crippen LogP contribution < -0.4 is 0 Å². The highest BCUT2D eigenvalue weighted by atomic mass is 32.1. The van der Waals surface area contributed by atoms with E-state index in [-0.39, 0.29) is 0 Å². The van der Waals surface area contributed by atoms with Gasteiger partial charge in [0.15, 0.2) is 5.01 Å². The number of aromatic nitrogens is 1. The summed E-state index contributed by atoms with van der Waals surface area (Å²) < 4.78 is 37.8. The zero-order valence-electron chi connectivity index (χ0n) is 8.14. The van der Waals surface area contributed by atoms with Crippen LogP contribution >= 0.6 is 11.3 Å². The summed E-state index contributed by atoms with van der Waals surface area (Å²) in [7, 11) is 0. The van der Waals surface area contributed by atoms with Gasteiger partial charge in [0.25, 0.3) is 0 Å². The molecule has 0 saturated carbocycles. The molecule has 0 atom stereocenters. The van der Waals surface area contributed by atoms with Crippen LogP contribution in [-0.4, -0.2) is 4.98 Å². The van der Waals surface area contributed by atoms with Gasteiger partial charge in [-0.25, -0.2) is 4.98 Å². The summed E-state index contributed by atoms with van der Waals surface area (Å²) in [4.78, 5) is 3.62. The van der Waals surface area contributed by atoms with Gasteiger partial charge in [-0.05, 0) is 31.0 Å². The lowest BCUT2D eigenvalue weighted by Gasteiger charge is -1.98. The number of nitrogens with zero attached hydrogens (tertiary/aromatic N) is 1. The topological polar surface area (TPSA) is 12.9 Å². The lowest BCUT2D eigenvalue weighted by Crippen LogP contribution is -2.03. The summed E-state index contributed by atoms with van der Waals surface area (Å²) in [5.41, 5.74) is 2.20. The van der Waals surface area contributed by atoms with E-state index in [0.717, 1.165) is 11.1 Å². The molecule has 0 N–H and O–H groups in total. The quantitative estimate of drug-likeness (QED) is 0.669. The highest BCUT2D eigenvalue weighted by molar-refractivity contribution is 7.18. The standard InChI is InChI=1S/C10H8F3NS/c1-5-3-6(2)8-7(4-5)15-9(14-8)10(11,12)13/h3-4H,1-2H3. The van der Waals surface area contributed by atoms with E-state index in [1.165, 1.54) is 0 Å². The van der Waals surface area contributed by atoms with Gasteiger partial charge in [-0.15, -0.1) is 11.3 Å². The number of thiazole rings is 1. The maximum Gasteiger partial charge on any atom is 0.443 e. The Balaban J connectivity index is 2.71. The van der Waals surface area contributed by atoms with E-state index in [0.29, 0.717) is 21.6 Å². The van der Waals surface area contributed by atoms with Gasteiger partial charge in [-0.1, -0.05) is 6.07 Å². The molecule has 1 aromatic heterocycles. The fourth-order valence-electron chi connectivity index (χ4n) is 1.49.